The monoisotopic (exact) mass is 367 g/mol. The van der Waals surface area contributed by atoms with E-state index >= 15 is 0 Å². The van der Waals surface area contributed by atoms with E-state index in [4.69, 9.17) is 9.72 Å². The average molecular weight is 367 g/mol. The minimum atomic E-state index is 0.598. The quantitative estimate of drug-likeness (QED) is 0.478. The van der Waals surface area contributed by atoms with E-state index < -0.39 is 0 Å². The van der Waals surface area contributed by atoms with E-state index in [0.717, 1.165) is 44.6 Å². The summed E-state index contributed by atoms with van der Waals surface area (Å²) in [6.45, 7) is 0.598. The highest BCUT2D eigenvalue weighted by Crippen LogP contribution is 2.23. The number of benzene rings is 2. The molecule has 6 nitrogen and oxygen atoms in total. The molecule has 0 radical (unpaired) electrons. The van der Waals surface area contributed by atoms with Gasteiger partial charge < -0.3 is 4.74 Å². The summed E-state index contributed by atoms with van der Waals surface area (Å²) in [6, 6.07) is 22.0. The summed E-state index contributed by atoms with van der Waals surface area (Å²) >= 11 is 0. The van der Waals surface area contributed by atoms with Gasteiger partial charge in [0.15, 0.2) is 5.65 Å². The Hall–Kier alpha value is -3.80. The highest BCUT2D eigenvalue weighted by Gasteiger charge is 2.10. The Labute approximate surface area is 161 Å². The van der Waals surface area contributed by atoms with Gasteiger partial charge in [-0.05, 0) is 60.2 Å². The maximum atomic E-state index is 5.23. The van der Waals surface area contributed by atoms with Crippen molar-refractivity contribution in [2.24, 2.45) is 0 Å². The molecule has 5 rings (SSSR count). The first-order chi connectivity index (χ1) is 13.8. The molecule has 0 atom stereocenters. The first-order valence-electron chi connectivity index (χ1n) is 8.98. The van der Waals surface area contributed by atoms with Crippen molar-refractivity contribution < 1.29 is 4.74 Å². The Bertz CT molecular complexity index is 1280. The van der Waals surface area contributed by atoms with Crippen LogP contribution in [0.15, 0.2) is 72.9 Å². The lowest BCUT2D eigenvalue weighted by atomic mass is 10.1. The van der Waals surface area contributed by atoms with Crippen LogP contribution in [0.3, 0.4) is 0 Å². The number of rotatable bonds is 4. The zero-order valence-corrected chi connectivity index (χ0v) is 15.3. The van der Waals surface area contributed by atoms with Gasteiger partial charge >= 0.3 is 0 Å². The number of fused-ring (bicyclic) bond motifs is 2. The van der Waals surface area contributed by atoms with Crippen molar-refractivity contribution in [1.29, 1.82) is 0 Å². The smallest absolute Gasteiger partial charge is 0.179 e. The maximum absolute atomic E-state index is 5.23. The van der Waals surface area contributed by atoms with Gasteiger partial charge in [0.1, 0.15) is 11.3 Å². The first-order valence-corrected chi connectivity index (χ1v) is 8.98. The number of pyridine rings is 2. The van der Waals surface area contributed by atoms with E-state index in [9.17, 15) is 0 Å². The molecule has 0 unspecified atom stereocenters. The van der Waals surface area contributed by atoms with E-state index in [0.29, 0.717) is 6.54 Å². The minimum Gasteiger partial charge on any atom is -0.497 e. The normalized spacial score (nSPS) is 11.2. The molecular weight excluding hydrogens is 350 g/mol. The van der Waals surface area contributed by atoms with Gasteiger partial charge in [-0.3, -0.25) is 4.98 Å². The number of nitrogens with zero attached hydrogens (tertiary/aromatic N) is 5. The molecule has 0 N–H and O–H groups in total. The lowest BCUT2D eigenvalue weighted by molar-refractivity contribution is 0.415. The SMILES string of the molecule is COc1ccc(-c2ccc3nnn(Cc4ccc5ncccc5c4)c3n2)cc1. The predicted octanol–water partition coefficient (Wildman–Crippen LogP) is 4.10. The summed E-state index contributed by atoms with van der Waals surface area (Å²) in [4.78, 5) is 9.17. The van der Waals surface area contributed by atoms with Crippen molar-refractivity contribution in [3.63, 3.8) is 0 Å². The maximum Gasteiger partial charge on any atom is 0.179 e. The van der Waals surface area contributed by atoms with Crippen LogP contribution in [-0.4, -0.2) is 32.1 Å². The second kappa shape index (κ2) is 6.74. The molecule has 2 aromatic carbocycles. The van der Waals surface area contributed by atoms with E-state index in [-0.39, 0.29) is 0 Å². The Morgan fingerprint density at radius 2 is 1.79 bits per heavy atom. The molecule has 5 aromatic rings. The fourth-order valence-corrected chi connectivity index (χ4v) is 3.28. The molecule has 136 valence electrons. The molecule has 0 aliphatic carbocycles. The number of hydrogen-bond acceptors (Lipinski definition) is 5. The lowest BCUT2D eigenvalue weighted by Crippen LogP contribution is -2.03. The largest absolute Gasteiger partial charge is 0.497 e. The zero-order valence-electron chi connectivity index (χ0n) is 15.3. The van der Waals surface area contributed by atoms with Crippen molar-refractivity contribution in [3.05, 3.63) is 78.5 Å². The fourth-order valence-electron chi connectivity index (χ4n) is 3.28. The van der Waals surface area contributed by atoms with Gasteiger partial charge in [0, 0.05) is 17.1 Å². The van der Waals surface area contributed by atoms with Crippen molar-refractivity contribution in [2.75, 3.05) is 7.11 Å². The fraction of sp³-hybridized carbons (Fsp3) is 0.0909. The molecule has 0 bridgehead atoms. The molecule has 3 aromatic heterocycles. The van der Waals surface area contributed by atoms with Gasteiger partial charge in [-0.1, -0.05) is 17.3 Å². The van der Waals surface area contributed by atoms with Gasteiger partial charge in [0.25, 0.3) is 0 Å². The highest BCUT2D eigenvalue weighted by molar-refractivity contribution is 5.79. The third kappa shape index (κ3) is 2.95. The molecule has 6 heteroatoms. The minimum absolute atomic E-state index is 0.598. The third-order valence-corrected chi connectivity index (χ3v) is 4.74. The molecule has 0 amide bonds. The van der Waals surface area contributed by atoms with Crippen LogP contribution in [0.2, 0.25) is 0 Å². The van der Waals surface area contributed by atoms with Gasteiger partial charge in [0.05, 0.1) is 24.9 Å². The summed E-state index contributed by atoms with van der Waals surface area (Å²) in [5.74, 6) is 0.822. The topological polar surface area (TPSA) is 65.7 Å². The molecule has 0 saturated heterocycles. The molecular formula is C22H17N5O. The van der Waals surface area contributed by atoms with Crippen molar-refractivity contribution in [3.8, 4) is 17.0 Å². The Balaban J connectivity index is 1.51. The van der Waals surface area contributed by atoms with E-state index in [1.807, 2.05) is 53.2 Å². The number of ether oxygens (including phenoxy) is 1. The third-order valence-electron chi connectivity index (χ3n) is 4.74. The number of aromatic nitrogens is 5. The molecule has 28 heavy (non-hydrogen) atoms. The summed E-state index contributed by atoms with van der Waals surface area (Å²) in [6.07, 6.45) is 1.80. The van der Waals surface area contributed by atoms with Gasteiger partial charge in [-0.2, -0.15) is 0 Å². The first kappa shape index (κ1) is 16.4. The van der Waals surface area contributed by atoms with Crippen LogP contribution < -0.4 is 4.74 Å². The number of methoxy groups -OCH3 is 1. The lowest BCUT2D eigenvalue weighted by Gasteiger charge is -2.06. The zero-order chi connectivity index (χ0) is 18.9. The van der Waals surface area contributed by atoms with Crippen molar-refractivity contribution in [2.45, 2.75) is 6.54 Å². The standard InChI is InChI=1S/C22H17N5O/c1-28-18-7-5-16(6-8-18)20-10-11-21-22(24-20)27(26-25-21)14-15-4-9-19-17(13-15)3-2-12-23-19/h2-13H,14H2,1H3. The van der Waals surface area contributed by atoms with Crippen LogP contribution in [0.5, 0.6) is 5.75 Å². The Kier molecular flexibility index (Phi) is 3.94. The second-order valence-corrected chi connectivity index (χ2v) is 6.55. The van der Waals surface area contributed by atoms with Crippen LogP contribution >= 0.6 is 0 Å². The van der Waals surface area contributed by atoms with E-state index in [1.54, 1.807) is 13.3 Å². The Morgan fingerprint density at radius 3 is 2.64 bits per heavy atom. The van der Waals surface area contributed by atoms with Gasteiger partial charge in [-0.15, -0.1) is 5.10 Å². The second-order valence-electron chi connectivity index (χ2n) is 6.55. The molecule has 0 aliphatic heterocycles. The molecule has 0 aliphatic rings. The van der Waals surface area contributed by atoms with Crippen LogP contribution in [0.1, 0.15) is 5.56 Å². The summed E-state index contributed by atoms with van der Waals surface area (Å²) in [5, 5.41) is 9.67. The number of hydrogen-bond donors (Lipinski definition) is 0. The van der Waals surface area contributed by atoms with Crippen LogP contribution in [0.25, 0.3) is 33.3 Å². The Morgan fingerprint density at radius 1 is 0.929 bits per heavy atom. The van der Waals surface area contributed by atoms with Crippen LogP contribution in [0, 0.1) is 0 Å². The molecule has 0 fully saturated rings. The van der Waals surface area contributed by atoms with Crippen LogP contribution in [0.4, 0.5) is 0 Å². The van der Waals surface area contributed by atoms with Crippen molar-refractivity contribution in [1.82, 2.24) is 25.0 Å². The van der Waals surface area contributed by atoms with Crippen LogP contribution in [-0.2, 0) is 6.54 Å². The summed E-state index contributed by atoms with van der Waals surface area (Å²) < 4.78 is 7.06. The van der Waals surface area contributed by atoms with Crippen molar-refractivity contribution >= 4 is 22.1 Å². The predicted molar refractivity (Wildman–Crippen MR) is 108 cm³/mol. The van der Waals surface area contributed by atoms with Gasteiger partial charge in [-0.25, -0.2) is 9.67 Å². The molecule has 3 heterocycles. The highest BCUT2D eigenvalue weighted by atomic mass is 16.5. The summed E-state index contributed by atoms with van der Waals surface area (Å²) in [7, 11) is 1.66. The summed E-state index contributed by atoms with van der Waals surface area (Å²) in [5.41, 5.74) is 5.55. The average Bonchev–Trinajstić information content (AvgIpc) is 3.16. The molecule has 0 spiro atoms. The van der Waals surface area contributed by atoms with E-state index in [1.165, 1.54) is 0 Å². The molecule has 0 saturated carbocycles. The van der Waals surface area contributed by atoms with E-state index in [2.05, 4.69) is 33.5 Å². The van der Waals surface area contributed by atoms with Gasteiger partial charge in [0.2, 0.25) is 0 Å².